The Hall–Kier alpha value is -2.80. The lowest BCUT2D eigenvalue weighted by molar-refractivity contribution is -0.118. The van der Waals surface area contributed by atoms with Gasteiger partial charge in [-0.2, -0.15) is 0 Å². The van der Waals surface area contributed by atoms with Crippen molar-refractivity contribution < 1.29 is 19.0 Å². The van der Waals surface area contributed by atoms with Crippen LogP contribution in [-0.2, 0) is 4.79 Å². The van der Waals surface area contributed by atoms with Gasteiger partial charge < -0.3 is 14.2 Å². The zero-order valence-corrected chi connectivity index (χ0v) is 17.5. The van der Waals surface area contributed by atoms with Crippen molar-refractivity contribution in [2.24, 2.45) is 0 Å². The average molecular weight is 401 g/mol. The molecule has 2 aromatic carbocycles. The summed E-state index contributed by atoms with van der Waals surface area (Å²) in [5.41, 5.74) is 2.85. The van der Waals surface area contributed by atoms with Gasteiger partial charge in [0.25, 0.3) is 5.91 Å². The molecule has 0 aliphatic rings. The minimum atomic E-state index is -0.263. The van der Waals surface area contributed by atoms with Gasteiger partial charge in [0.2, 0.25) is 0 Å². The second-order valence-corrected chi connectivity index (χ2v) is 7.76. The Labute approximate surface area is 168 Å². The summed E-state index contributed by atoms with van der Waals surface area (Å²) in [6.45, 7) is 6.11. The topological polar surface area (TPSA) is 69.7 Å². The predicted octanol–water partition coefficient (Wildman–Crippen LogP) is 4.76. The van der Waals surface area contributed by atoms with Gasteiger partial charge in [-0.25, -0.2) is 4.98 Å². The summed E-state index contributed by atoms with van der Waals surface area (Å²) < 4.78 is 17.3. The van der Waals surface area contributed by atoms with E-state index in [9.17, 15) is 4.79 Å². The van der Waals surface area contributed by atoms with Crippen molar-refractivity contribution in [1.29, 1.82) is 0 Å². The van der Waals surface area contributed by atoms with Crippen LogP contribution in [0.2, 0.25) is 0 Å². The summed E-state index contributed by atoms with van der Waals surface area (Å²) in [6.07, 6.45) is 0. The SMILES string of the molecule is COc1cc(OC)c2nc(NC(=O)COc3cc(C)ccc3C(C)C)sc2c1. The van der Waals surface area contributed by atoms with Gasteiger partial charge in [0.1, 0.15) is 22.8 Å². The maximum atomic E-state index is 12.4. The smallest absolute Gasteiger partial charge is 0.264 e. The lowest BCUT2D eigenvalue weighted by Crippen LogP contribution is -2.20. The van der Waals surface area contributed by atoms with E-state index in [0.717, 1.165) is 21.6 Å². The molecule has 148 valence electrons. The molecule has 1 N–H and O–H groups in total. The standard InChI is InChI=1S/C21H24N2O4S/c1-12(2)15-7-6-13(3)8-16(15)27-11-19(24)22-21-23-20-17(26-5)9-14(25-4)10-18(20)28-21/h6-10,12H,11H2,1-5H3,(H,22,23,24). The molecule has 0 unspecified atom stereocenters. The van der Waals surface area contributed by atoms with E-state index < -0.39 is 0 Å². The number of aryl methyl sites for hydroxylation is 1. The third-order valence-electron chi connectivity index (χ3n) is 4.29. The van der Waals surface area contributed by atoms with E-state index in [0.29, 0.717) is 28.1 Å². The van der Waals surface area contributed by atoms with Crippen molar-refractivity contribution in [2.75, 3.05) is 26.1 Å². The molecule has 1 amide bonds. The first-order valence-electron chi connectivity index (χ1n) is 8.97. The summed E-state index contributed by atoms with van der Waals surface area (Å²) in [4.78, 5) is 16.8. The van der Waals surface area contributed by atoms with Gasteiger partial charge in [0.05, 0.1) is 18.9 Å². The van der Waals surface area contributed by atoms with Crippen LogP contribution in [0.4, 0.5) is 5.13 Å². The number of methoxy groups -OCH3 is 2. The summed E-state index contributed by atoms with van der Waals surface area (Å²) in [5.74, 6) is 2.06. The molecule has 1 aromatic heterocycles. The van der Waals surface area contributed by atoms with E-state index in [2.05, 4.69) is 24.1 Å². The Kier molecular flexibility index (Phi) is 6.04. The van der Waals surface area contributed by atoms with Gasteiger partial charge in [-0.05, 0) is 36.1 Å². The minimum absolute atomic E-state index is 0.0838. The van der Waals surface area contributed by atoms with E-state index in [4.69, 9.17) is 14.2 Å². The first-order chi connectivity index (χ1) is 13.4. The highest BCUT2D eigenvalue weighted by molar-refractivity contribution is 7.22. The molecular formula is C21H24N2O4S. The Morgan fingerprint density at radius 3 is 2.61 bits per heavy atom. The number of aromatic nitrogens is 1. The molecule has 3 aromatic rings. The number of ether oxygens (including phenoxy) is 3. The average Bonchev–Trinajstić information content (AvgIpc) is 3.07. The van der Waals surface area contributed by atoms with Crippen LogP contribution in [0.5, 0.6) is 17.2 Å². The van der Waals surface area contributed by atoms with Crippen LogP contribution in [0, 0.1) is 6.92 Å². The van der Waals surface area contributed by atoms with E-state index in [1.165, 1.54) is 11.3 Å². The fourth-order valence-corrected chi connectivity index (χ4v) is 3.77. The molecule has 0 aliphatic heterocycles. The highest BCUT2D eigenvalue weighted by Crippen LogP contribution is 2.36. The van der Waals surface area contributed by atoms with E-state index in [1.54, 1.807) is 20.3 Å². The lowest BCUT2D eigenvalue weighted by atomic mass is 10.0. The van der Waals surface area contributed by atoms with Crippen LogP contribution in [-0.4, -0.2) is 31.7 Å². The fraction of sp³-hybridized carbons (Fsp3) is 0.333. The van der Waals surface area contributed by atoms with Gasteiger partial charge in [-0.1, -0.05) is 37.3 Å². The number of amides is 1. The number of benzene rings is 2. The third-order valence-corrected chi connectivity index (χ3v) is 5.20. The van der Waals surface area contributed by atoms with Crippen molar-refractivity contribution >= 4 is 32.6 Å². The van der Waals surface area contributed by atoms with Gasteiger partial charge in [-0.15, -0.1) is 0 Å². The van der Waals surface area contributed by atoms with Crippen LogP contribution in [0.25, 0.3) is 10.2 Å². The number of hydrogen-bond donors (Lipinski definition) is 1. The number of thiazole rings is 1. The van der Waals surface area contributed by atoms with Gasteiger partial charge >= 0.3 is 0 Å². The van der Waals surface area contributed by atoms with Crippen molar-refractivity contribution in [3.63, 3.8) is 0 Å². The molecule has 0 fully saturated rings. The van der Waals surface area contributed by atoms with Gasteiger partial charge in [0.15, 0.2) is 11.7 Å². The molecule has 1 heterocycles. The molecule has 0 bridgehead atoms. The lowest BCUT2D eigenvalue weighted by Gasteiger charge is -2.14. The normalized spacial score (nSPS) is 10.9. The number of anilines is 1. The molecule has 0 saturated carbocycles. The summed E-state index contributed by atoms with van der Waals surface area (Å²) in [5, 5.41) is 3.29. The van der Waals surface area contributed by atoms with Crippen molar-refractivity contribution in [2.45, 2.75) is 26.7 Å². The number of rotatable bonds is 7. The van der Waals surface area contributed by atoms with E-state index in [-0.39, 0.29) is 12.5 Å². The van der Waals surface area contributed by atoms with Crippen LogP contribution in [0.3, 0.4) is 0 Å². The zero-order valence-electron chi connectivity index (χ0n) is 16.7. The highest BCUT2D eigenvalue weighted by atomic mass is 32.1. The zero-order chi connectivity index (χ0) is 20.3. The molecule has 3 rings (SSSR count). The molecule has 28 heavy (non-hydrogen) atoms. The summed E-state index contributed by atoms with van der Waals surface area (Å²) in [7, 11) is 3.17. The second kappa shape index (κ2) is 8.48. The van der Waals surface area contributed by atoms with Crippen LogP contribution >= 0.6 is 11.3 Å². The molecule has 0 saturated heterocycles. The maximum absolute atomic E-state index is 12.4. The second-order valence-electron chi connectivity index (χ2n) is 6.73. The van der Waals surface area contributed by atoms with Crippen molar-refractivity contribution in [3.05, 3.63) is 41.5 Å². The van der Waals surface area contributed by atoms with Crippen LogP contribution in [0.15, 0.2) is 30.3 Å². The molecule has 7 heteroatoms. The van der Waals surface area contributed by atoms with Gasteiger partial charge in [-0.3, -0.25) is 10.1 Å². The number of carbonyl (C=O) groups excluding carboxylic acids is 1. The number of nitrogens with one attached hydrogen (secondary N) is 1. The first-order valence-corrected chi connectivity index (χ1v) is 9.78. The van der Waals surface area contributed by atoms with Crippen molar-refractivity contribution in [3.8, 4) is 17.2 Å². The first kappa shape index (κ1) is 19.9. The number of nitrogens with zero attached hydrogens (tertiary/aromatic N) is 1. The minimum Gasteiger partial charge on any atom is -0.497 e. The fourth-order valence-electron chi connectivity index (χ4n) is 2.84. The predicted molar refractivity (Wildman–Crippen MR) is 112 cm³/mol. The Bertz CT molecular complexity index is 997. The number of hydrogen-bond acceptors (Lipinski definition) is 6. The Morgan fingerprint density at radius 2 is 1.93 bits per heavy atom. The molecule has 0 atom stereocenters. The molecule has 0 aliphatic carbocycles. The number of carbonyl (C=O) groups is 1. The third kappa shape index (κ3) is 4.36. The molecular weight excluding hydrogens is 376 g/mol. The Balaban J connectivity index is 1.73. The summed E-state index contributed by atoms with van der Waals surface area (Å²) in [6, 6.07) is 9.67. The monoisotopic (exact) mass is 400 g/mol. The molecule has 6 nitrogen and oxygen atoms in total. The largest absolute Gasteiger partial charge is 0.497 e. The number of fused-ring (bicyclic) bond motifs is 1. The summed E-state index contributed by atoms with van der Waals surface area (Å²) >= 11 is 1.36. The van der Waals surface area contributed by atoms with Crippen molar-refractivity contribution in [1.82, 2.24) is 4.98 Å². The highest BCUT2D eigenvalue weighted by Gasteiger charge is 2.15. The van der Waals surface area contributed by atoms with E-state index in [1.807, 2.05) is 31.2 Å². The van der Waals surface area contributed by atoms with Gasteiger partial charge in [0, 0.05) is 6.07 Å². The molecule has 0 spiro atoms. The van der Waals surface area contributed by atoms with Crippen LogP contribution < -0.4 is 19.5 Å². The van der Waals surface area contributed by atoms with E-state index >= 15 is 0 Å². The quantitative estimate of drug-likeness (QED) is 0.619. The van der Waals surface area contributed by atoms with Crippen LogP contribution in [0.1, 0.15) is 30.9 Å². The molecule has 0 radical (unpaired) electrons. The Morgan fingerprint density at radius 1 is 1.14 bits per heavy atom. The maximum Gasteiger partial charge on any atom is 0.264 e.